The average molecular weight is 299 g/mol. The molecule has 20 heavy (non-hydrogen) atoms. The van der Waals surface area contributed by atoms with Gasteiger partial charge in [-0.15, -0.1) is 0 Å². The van der Waals surface area contributed by atoms with Crippen LogP contribution in [-0.2, 0) is 27.7 Å². The van der Waals surface area contributed by atoms with Crippen molar-refractivity contribution in [1.29, 1.82) is 0 Å². The Bertz CT molecular complexity index is 637. The third-order valence-electron chi connectivity index (χ3n) is 3.88. The Kier molecular flexibility index (Phi) is 3.29. The van der Waals surface area contributed by atoms with E-state index >= 15 is 0 Å². The quantitative estimate of drug-likeness (QED) is 0.878. The largest absolute Gasteiger partial charge is 0.338 e. The molecule has 1 fully saturated rings. The van der Waals surface area contributed by atoms with Gasteiger partial charge in [0.05, 0.1) is 11.9 Å². The summed E-state index contributed by atoms with van der Waals surface area (Å²) in [5, 5.41) is 6.61. The van der Waals surface area contributed by atoms with Gasteiger partial charge in [0.2, 0.25) is 21.8 Å². The monoisotopic (exact) mass is 299 g/mol. The van der Waals surface area contributed by atoms with E-state index in [1.54, 1.807) is 0 Å². The molecule has 0 radical (unpaired) electrons. The number of carbonyl (C=O) groups excluding carboxylic acids is 1. The third-order valence-corrected chi connectivity index (χ3v) is 5.17. The van der Waals surface area contributed by atoms with Crippen molar-refractivity contribution in [2.75, 3.05) is 18.1 Å². The first-order chi connectivity index (χ1) is 9.47. The Labute approximate surface area is 117 Å². The molecule has 1 atom stereocenters. The number of hydrogen-bond donors (Lipinski definition) is 1. The summed E-state index contributed by atoms with van der Waals surface area (Å²) in [7, 11) is -3.36. The minimum atomic E-state index is -3.36. The number of aromatic nitrogens is 1. The highest BCUT2D eigenvalue weighted by Gasteiger charge is 2.37. The molecule has 0 saturated carbocycles. The summed E-state index contributed by atoms with van der Waals surface area (Å²) in [6.45, 7) is 0.394. The smallest absolute Gasteiger partial charge is 0.245 e. The predicted molar refractivity (Wildman–Crippen MR) is 71.7 cm³/mol. The number of nitrogens with one attached hydrogen (secondary N) is 1. The molecular weight excluding hydrogens is 282 g/mol. The average Bonchev–Trinajstić information content (AvgIpc) is 3.03. The number of nitrogens with zero attached hydrogens (tertiary/aromatic N) is 2. The van der Waals surface area contributed by atoms with Crippen LogP contribution in [-0.4, -0.2) is 42.6 Å². The number of anilines is 1. The standard InChI is InChI=1S/C12H17N3O4S/c1-20(17,18)15-7-3-6-10(15)11(16)13-12-8-4-2-5-9(8)14-19-12/h10H,2-7H2,1H3,(H,13,16). The van der Waals surface area contributed by atoms with E-state index in [1.807, 2.05) is 0 Å². The molecule has 1 saturated heterocycles. The zero-order valence-electron chi connectivity index (χ0n) is 11.3. The molecule has 0 aromatic carbocycles. The van der Waals surface area contributed by atoms with Crippen molar-refractivity contribution in [2.24, 2.45) is 0 Å². The van der Waals surface area contributed by atoms with Crippen molar-refractivity contribution in [3.05, 3.63) is 11.3 Å². The van der Waals surface area contributed by atoms with Crippen LogP contribution in [0.1, 0.15) is 30.5 Å². The first-order valence-corrected chi connectivity index (χ1v) is 8.57. The lowest BCUT2D eigenvalue weighted by molar-refractivity contribution is -0.119. The lowest BCUT2D eigenvalue weighted by atomic mass is 10.2. The van der Waals surface area contributed by atoms with Gasteiger partial charge in [0.1, 0.15) is 6.04 Å². The number of fused-ring (bicyclic) bond motifs is 1. The topological polar surface area (TPSA) is 92.5 Å². The van der Waals surface area contributed by atoms with Gasteiger partial charge in [0.25, 0.3) is 0 Å². The molecule has 8 heteroatoms. The van der Waals surface area contributed by atoms with Crippen LogP contribution in [0.15, 0.2) is 4.52 Å². The van der Waals surface area contributed by atoms with Crippen molar-refractivity contribution in [1.82, 2.24) is 9.46 Å². The van der Waals surface area contributed by atoms with Crippen LogP contribution in [0.3, 0.4) is 0 Å². The molecule has 3 rings (SSSR count). The fraction of sp³-hybridized carbons (Fsp3) is 0.667. The molecule has 7 nitrogen and oxygen atoms in total. The molecule has 2 heterocycles. The van der Waals surface area contributed by atoms with E-state index in [9.17, 15) is 13.2 Å². The van der Waals surface area contributed by atoms with Gasteiger partial charge in [-0.3, -0.25) is 10.1 Å². The summed E-state index contributed by atoms with van der Waals surface area (Å²) in [6.07, 6.45) is 5.08. The van der Waals surface area contributed by atoms with Gasteiger partial charge in [-0.25, -0.2) is 8.42 Å². The fourth-order valence-corrected chi connectivity index (χ4v) is 4.05. The maximum Gasteiger partial charge on any atom is 0.245 e. The van der Waals surface area contributed by atoms with Crippen LogP contribution in [0.25, 0.3) is 0 Å². The van der Waals surface area contributed by atoms with Crippen molar-refractivity contribution >= 4 is 21.8 Å². The first kappa shape index (κ1) is 13.6. The van der Waals surface area contributed by atoms with E-state index in [-0.39, 0.29) is 5.91 Å². The van der Waals surface area contributed by atoms with Crippen molar-refractivity contribution in [2.45, 2.75) is 38.1 Å². The van der Waals surface area contributed by atoms with Gasteiger partial charge in [-0.05, 0) is 32.1 Å². The lowest BCUT2D eigenvalue weighted by Gasteiger charge is -2.20. The van der Waals surface area contributed by atoms with Gasteiger partial charge < -0.3 is 4.52 Å². The Morgan fingerprint density at radius 1 is 1.40 bits per heavy atom. The summed E-state index contributed by atoms with van der Waals surface area (Å²) < 4.78 is 29.7. The second-order valence-electron chi connectivity index (χ2n) is 5.31. The Morgan fingerprint density at radius 2 is 2.20 bits per heavy atom. The normalized spacial score (nSPS) is 22.9. The molecule has 1 amide bonds. The van der Waals surface area contributed by atoms with E-state index in [0.29, 0.717) is 25.3 Å². The van der Waals surface area contributed by atoms with Gasteiger partial charge in [0, 0.05) is 12.1 Å². The van der Waals surface area contributed by atoms with Crippen LogP contribution in [0.4, 0.5) is 5.88 Å². The van der Waals surface area contributed by atoms with E-state index in [1.165, 1.54) is 4.31 Å². The predicted octanol–water partition coefficient (Wildman–Crippen LogP) is 0.526. The molecule has 1 aliphatic carbocycles. The van der Waals surface area contributed by atoms with Gasteiger partial charge in [0.15, 0.2) is 0 Å². The maximum absolute atomic E-state index is 12.3. The Hall–Kier alpha value is -1.41. The Balaban J connectivity index is 1.76. The van der Waals surface area contributed by atoms with Gasteiger partial charge in [-0.2, -0.15) is 4.31 Å². The van der Waals surface area contributed by atoms with Gasteiger partial charge in [-0.1, -0.05) is 5.16 Å². The number of aryl methyl sites for hydroxylation is 1. The summed E-state index contributed by atoms with van der Waals surface area (Å²) in [5.41, 5.74) is 1.84. The lowest BCUT2D eigenvalue weighted by Crippen LogP contribution is -2.42. The molecule has 1 unspecified atom stereocenters. The SMILES string of the molecule is CS(=O)(=O)N1CCCC1C(=O)Nc1onc2c1CCC2. The summed E-state index contributed by atoms with van der Waals surface area (Å²) in [6, 6.07) is -0.646. The minimum Gasteiger partial charge on any atom is -0.338 e. The van der Waals surface area contributed by atoms with E-state index in [2.05, 4.69) is 10.5 Å². The number of sulfonamides is 1. The number of carbonyl (C=O) groups is 1. The highest BCUT2D eigenvalue weighted by Crippen LogP contribution is 2.29. The van der Waals surface area contributed by atoms with E-state index < -0.39 is 16.1 Å². The zero-order valence-corrected chi connectivity index (χ0v) is 12.1. The fourth-order valence-electron chi connectivity index (χ4n) is 2.92. The highest BCUT2D eigenvalue weighted by atomic mass is 32.2. The number of rotatable bonds is 3. The number of amides is 1. The highest BCUT2D eigenvalue weighted by molar-refractivity contribution is 7.88. The molecular formula is C12H17N3O4S. The second kappa shape index (κ2) is 4.85. The molecule has 1 N–H and O–H groups in total. The van der Waals surface area contributed by atoms with E-state index in [0.717, 1.165) is 36.8 Å². The van der Waals surface area contributed by atoms with Crippen LogP contribution in [0.2, 0.25) is 0 Å². The van der Waals surface area contributed by atoms with Crippen molar-refractivity contribution in [3.8, 4) is 0 Å². The number of hydrogen-bond acceptors (Lipinski definition) is 5. The van der Waals surface area contributed by atoms with Gasteiger partial charge >= 0.3 is 0 Å². The van der Waals surface area contributed by atoms with Crippen molar-refractivity contribution in [3.63, 3.8) is 0 Å². The van der Waals surface area contributed by atoms with Crippen molar-refractivity contribution < 1.29 is 17.7 Å². The second-order valence-corrected chi connectivity index (χ2v) is 7.25. The first-order valence-electron chi connectivity index (χ1n) is 6.72. The van der Waals surface area contributed by atoms with Crippen LogP contribution < -0.4 is 5.32 Å². The molecule has 110 valence electrons. The third kappa shape index (κ3) is 2.33. The van der Waals surface area contributed by atoms with Crippen LogP contribution in [0.5, 0.6) is 0 Å². The van der Waals surface area contributed by atoms with E-state index in [4.69, 9.17) is 4.52 Å². The van der Waals surface area contributed by atoms with Crippen LogP contribution in [0, 0.1) is 0 Å². The molecule has 2 aliphatic rings. The maximum atomic E-state index is 12.3. The molecule has 1 aromatic heterocycles. The van der Waals surface area contributed by atoms with Crippen LogP contribution >= 0.6 is 0 Å². The summed E-state index contributed by atoms with van der Waals surface area (Å²) >= 11 is 0. The molecule has 1 aromatic rings. The minimum absolute atomic E-state index is 0.334. The molecule has 1 aliphatic heterocycles. The molecule has 0 bridgehead atoms. The Morgan fingerprint density at radius 3 is 2.95 bits per heavy atom. The summed E-state index contributed by atoms with van der Waals surface area (Å²) in [5.74, 6) is 0.0432. The summed E-state index contributed by atoms with van der Waals surface area (Å²) in [4.78, 5) is 12.3. The zero-order chi connectivity index (χ0) is 14.3. The molecule has 0 spiro atoms.